The normalized spacial score (nSPS) is 12.7. The highest BCUT2D eigenvalue weighted by Crippen LogP contribution is 2.34. The van der Waals surface area contributed by atoms with Crippen LogP contribution >= 0.6 is 0 Å². The maximum Gasteiger partial charge on any atom is 0.418 e. The first kappa shape index (κ1) is 19.0. The van der Waals surface area contributed by atoms with Crippen molar-refractivity contribution in [2.75, 3.05) is 5.32 Å². The van der Waals surface area contributed by atoms with E-state index in [1.165, 1.54) is 18.2 Å². The Morgan fingerprint density at radius 2 is 1.72 bits per heavy atom. The molecule has 0 saturated carbocycles. The van der Waals surface area contributed by atoms with Crippen molar-refractivity contribution in [1.82, 2.24) is 5.32 Å². The molecule has 0 saturated heterocycles. The fourth-order valence-electron chi connectivity index (χ4n) is 2.48. The van der Waals surface area contributed by atoms with Gasteiger partial charge in [0.2, 0.25) is 5.91 Å². The van der Waals surface area contributed by atoms with Crippen LogP contribution in [0.4, 0.5) is 18.9 Å². The highest BCUT2D eigenvalue weighted by atomic mass is 19.4. The van der Waals surface area contributed by atoms with Gasteiger partial charge < -0.3 is 10.6 Å². The molecular formula is C19H21F3N2O. The summed E-state index contributed by atoms with van der Waals surface area (Å²) in [5, 5.41) is 5.58. The molecule has 1 unspecified atom stereocenters. The van der Waals surface area contributed by atoms with Crippen molar-refractivity contribution < 1.29 is 18.0 Å². The third kappa shape index (κ3) is 5.60. The van der Waals surface area contributed by atoms with Gasteiger partial charge in [0.25, 0.3) is 0 Å². The van der Waals surface area contributed by atoms with Gasteiger partial charge in [-0.25, -0.2) is 0 Å². The van der Waals surface area contributed by atoms with Gasteiger partial charge in [0.15, 0.2) is 0 Å². The molecule has 0 aliphatic rings. The van der Waals surface area contributed by atoms with Crippen molar-refractivity contribution in [2.24, 2.45) is 0 Å². The lowest BCUT2D eigenvalue weighted by Crippen LogP contribution is -2.30. The van der Waals surface area contributed by atoms with E-state index >= 15 is 0 Å². The number of aryl methyl sites for hydroxylation is 1. The maximum atomic E-state index is 12.9. The largest absolute Gasteiger partial charge is 0.418 e. The summed E-state index contributed by atoms with van der Waals surface area (Å²) < 4.78 is 38.8. The summed E-state index contributed by atoms with van der Waals surface area (Å²) in [5.41, 5.74) is 1.21. The van der Waals surface area contributed by atoms with Gasteiger partial charge in [-0.05, 0) is 37.1 Å². The fourth-order valence-corrected chi connectivity index (χ4v) is 2.48. The summed E-state index contributed by atoms with van der Waals surface area (Å²) in [4.78, 5) is 12.1. The predicted octanol–water partition coefficient (Wildman–Crippen LogP) is 4.52. The Hall–Kier alpha value is -2.34. The van der Waals surface area contributed by atoms with Crippen LogP contribution in [-0.2, 0) is 17.5 Å². The molecule has 0 fully saturated rings. The van der Waals surface area contributed by atoms with Crippen LogP contribution in [0.5, 0.6) is 0 Å². The molecule has 1 amide bonds. The standard InChI is InChI=1S/C19H21F3N2O/c1-13-7-3-4-8-15(13)12-23-14(2)11-18(25)24-17-10-6-5-9-16(17)19(20,21)22/h3-10,14,23H,11-12H2,1-2H3,(H,24,25). The number of carbonyl (C=O) groups is 1. The van der Waals surface area contributed by atoms with Gasteiger partial charge in [0.05, 0.1) is 11.3 Å². The predicted molar refractivity (Wildman–Crippen MR) is 92.2 cm³/mol. The second kappa shape index (κ2) is 8.16. The molecule has 0 aliphatic heterocycles. The van der Waals surface area contributed by atoms with Gasteiger partial charge in [0.1, 0.15) is 0 Å². The molecular weight excluding hydrogens is 329 g/mol. The molecule has 0 radical (unpaired) electrons. The summed E-state index contributed by atoms with van der Waals surface area (Å²) >= 11 is 0. The highest BCUT2D eigenvalue weighted by Gasteiger charge is 2.33. The summed E-state index contributed by atoms with van der Waals surface area (Å²) in [6.45, 7) is 4.43. The number of anilines is 1. The van der Waals surface area contributed by atoms with E-state index in [0.29, 0.717) is 6.54 Å². The third-order valence-electron chi connectivity index (χ3n) is 3.90. The minimum absolute atomic E-state index is 0.0814. The van der Waals surface area contributed by atoms with E-state index < -0.39 is 17.6 Å². The molecule has 1 atom stereocenters. The number of amides is 1. The van der Waals surface area contributed by atoms with Crippen LogP contribution in [0.3, 0.4) is 0 Å². The van der Waals surface area contributed by atoms with Crippen molar-refractivity contribution >= 4 is 11.6 Å². The van der Waals surface area contributed by atoms with E-state index in [-0.39, 0.29) is 18.2 Å². The van der Waals surface area contributed by atoms with E-state index in [4.69, 9.17) is 0 Å². The summed E-state index contributed by atoms with van der Waals surface area (Å²) in [6.07, 6.45) is -4.42. The number of carbonyl (C=O) groups excluding carboxylic acids is 1. The molecule has 0 spiro atoms. The lowest BCUT2D eigenvalue weighted by Gasteiger charge is -2.17. The van der Waals surface area contributed by atoms with Gasteiger partial charge in [-0.2, -0.15) is 13.2 Å². The van der Waals surface area contributed by atoms with E-state index in [0.717, 1.165) is 17.2 Å². The highest BCUT2D eigenvalue weighted by molar-refractivity contribution is 5.92. The third-order valence-corrected chi connectivity index (χ3v) is 3.90. The molecule has 2 aromatic rings. The van der Waals surface area contributed by atoms with Crippen molar-refractivity contribution in [3.63, 3.8) is 0 Å². The lowest BCUT2D eigenvalue weighted by atomic mass is 10.1. The van der Waals surface area contributed by atoms with Crippen LogP contribution in [0.1, 0.15) is 30.0 Å². The van der Waals surface area contributed by atoms with Crippen LogP contribution < -0.4 is 10.6 Å². The SMILES string of the molecule is Cc1ccccc1CNC(C)CC(=O)Nc1ccccc1C(F)(F)F. The minimum atomic E-state index is -4.50. The summed E-state index contributed by atoms with van der Waals surface area (Å²) in [6, 6.07) is 12.7. The van der Waals surface area contributed by atoms with Crippen molar-refractivity contribution in [3.8, 4) is 0 Å². The molecule has 6 heteroatoms. The summed E-state index contributed by atoms with van der Waals surface area (Å²) in [7, 11) is 0. The van der Waals surface area contributed by atoms with Crippen LogP contribution in [0, 0.1) is 6.92 Å². The zero-order valence-electron chi connectivity index (χ0n) is 14.2. The van der Waals surface area contributed by atoms with Crippen molar-refractivity contribution in [1.29, 1.82) is 0 Å². The Morgan fingerprint density at radius 3 is 2.40 bits per heavy atom. The Labute approximate surface area is 145 Å². The molecule has 3 nitrogen and oxygen atoms in total. The maximum absolute atomic E-state index is 12.9. The van der Waals surface area contributed by atoms with Gasteiger partial charge in [-0.15, -0.1) is 0 Å². The van der Waals surface area contributed by atoms with Crippen LogP contribution in [0.15, 0.2) is 48.5 Å². The zero-order chi connectivity index (χ0) is 18.4. The number of nitrogens with one attached hydrogen (secondary N) is 2. The van der Waals surface area contributed by atoms with E-state index in [9.17, 15) is 18.0 Å². The number of benzene rings is 2. The molecule has 134 valence electrons. The van der Waals surface area contributed by atoms with Crippen LogP contribution in [0.25, 0.3) is 0 Å². The van der Waals surface area contributed by atoms with E-state index in [1.54, 1.807) is 0 Å². The molecule has 2 aromatic carbocycles. The monoisotopic (exact) mass is 350 g/mol. The second-order valence-electron chi connectivity index (χ2n) is 6.00. The smallest absolute Gasteiger partial charge is 0.325 e. The second-order valence-corrected chi connectivity index (χ2v) is 6.00. The first-order valence-electron chi connectivity index (χ1n) is 8.01. The van der Waals surface area contributed by atoms with Crippen molar-refractivity contribution in [3.05, 3.63) is 65.2 Å². The van der Waals surface area contributed by atoms with Crippen molar-refractivity contribution in [2.45, 2.75) is 39.0 Å². The lowest BCUT2D eigenvalue weighted by molar-refractivity contribution is -0.137. The Balaban J connectivity index is 1.91. The topological polar surface area (TPSA) is 41.1 Å². The number of rotatable bonds is 6. The van der Waals surface area contributed by atoms with Gasteiger partial charge >= 0.3 is 6.18 Å². The quantitative estimate of drug-likeness (QED) is 0.804. The fraction of sp³-hybridized carbons (Fsp3) is 0.316. The van der Waals surface area contributed by atoms with Gasteiger partial charge in [-0.1, -0.05) is 36.4 Å². The molecule has 0 aliphatic carbocycles. The number of hydrogen-bond donors (Lipinski definition) is 2. The van der Waals surface area contributed by atoms with Gasteiger partial charge in [-0.3, -0.25) is 4.79 Å². The zero-order valence-corrected chi connectivity index (χ0v) is 14.2. The minimum Gasteiger partial charge on any atom is -0.325 e. The number of alkyl halides is 3. The molecule has 25 heavy (non-hydrogen) atoms. The number of para-hydroxylation sites is 1. The molecule has 2 N–H and O–H groups in total. The molecule has 0 bridgehead atoms. The van der Waals surface area contributed by atoms with Crippen LogP contribution in [0.2, 0.25) is 0 Å². The van der Waals surface area contributed by atoms with E-state index in [1.807, 2.05) is 38.1 Å². The number of halogens is 3. The van der Waals surface area contributed by atoms with Crippen LogP contribution in [-0.4, -0.2) is 11.9 Å². The Kier molecular flexibility index (Phi) is 6.20. The first-order valence-corrected chi connectivity index (χ1v) is 8.01. The number of hydrogen-bond acceptors (Lipinski definition) is 2. The Bertz CT molecular complexity index is 729. The van der Waals surface area contributed by atoms with E-state index in [2.05, 4.69) is 10.6 Å². The summed E-state index contributed by atoms with van der Waals surface area (Å²) in [5.74, 6) is -0.457. The first-order chi connectivity index (χ1) is 11.8. The molecule has 2 rings (SSSR count). The van der Waals surface area contributed by atoms with Gasteiger partial charge in [0, 0.05) is 19.0 Å². The molecule has 0 heterocycles. The Morgan fingerprint density at radius 1 is 1.08 bits per heavy atom. The molecule has 0 aromatic heterocycles. The average Bonchev–Trinajstić information content (AvgIpc) is 2.53. The average molecular weight is 350 g/mol.